The van der Waals surface area contributed by atoms with Crippen molar-refractivity contribution < 1.29 is 23.9 Å². The molecule has 0 saturated heterocycles. The Balaban J connectivity index is 1.76. The van der Waals surface area contributed by atoms with Crippen molar-refractivity contribution in [3.8, 4) is 5.75 Å². The minimum atomic E-state index is -0.657. The van der Waals surface area contributed by atoms with E-state index in [1.165, 1.54) is 0 Å². The van der Waals surface area contributed by atoms with Crippen LogP contribution in [0.5, 0.6) is 5.75 Å². The Labute approximate surface area is 145 Å². The van der Waals surface area contributed by atoms with Crippen molar-refractivity contribution in [2.24, 2.45) is 0 Å². The number of aldehydes is 1. The fraction of sp³-hybridized carbons (Fsp3) is 0.211. The van der Waals surface area contributed by atoms with Crippen molar-refractivity contribution in [2.75, 3.05) is 18.5 Å². The van der Waals surface area contributed by atoms with E-state index in [2.05, 4.69) is 5.32 Å². The molecular formula is C19H19NO5. The number of aryl methyl sites for hydroxylation is 1. The van der Waals surface area contributed by atoms with E-state index in [0.29, 0.717) is 23.3 Å². The lowest BCUT2D eigenvalue weighted by molar-refractivity contribution is -0.149. The monoisotopic (exact) mass is 341 g/mol. The van der Waals surface area contributed by atoms with Crippen molar-refractivity contribution in [2.45, 2.75) is 13.8 Å². The van der Waals surface area contributed by atoms with Crippen molar-refractivity contribution in [1.29, 1.82) is 0 Å². The van der Waals surface area contributed by atoms with Crippen LogP contribution < -0.4 is 10.1 Å². The van der Waals surface area contributed by atoms with Crippen LogP contribution in [0.4, 0.5) is 5.69 Å². The fourth-order valence-corrected chi connectivity index (χ4v) is 2.05. The smallest absolute Gasteiger partial charge is 0.344 e. The van der Waals surface area contributed by atoms with E-state index in [9.17, 15) is 14.4 Å². The zero-order valence-corrected chi connectivity index (χ0v) is 14.1. The van der Waals surface area contributed by atoms with Crippen LogP contribution in [0, 0.1) is 13.8 Å². The summed E-state index contributed by atoms with van der Waals surface area (Å²) < 4.78 is 10.1. The van der Waals surface area contributed by atoms with E-state index in [0.717, 1.165) is 11.1 Å². The molecule has 0 fully saturated rings. The van der Waals surface area contributed by atoms with Gasteiger partial charge < -0.3 is 14.8 Å². The van der Waals surface area contributed by atoms with Crippen LogP contribution in [-0.4, -0.2) is 31.4 Å². The number of hydrogen-bond acceptors (Lipinski definition) is 5. The van der Waals surface area contributed by atoms with Gasteiger partial charge in [0.25, 0.3) is 5.91 Å². The Bertz CT molecular complexity index is 768. The molecule has 0 atom stereocenters. The van der Waals surface area contributed by atoms with Gasteiger partial charge in [0.05, 0.1) is 0 Å². The van der Waals surface area contributed by atoms with E-state index in [4.69, 9.17) is 9.47 Å². The lowest BCUT2D eigenvalue weighted by atomic mass is 10.1. The number of nitrogens with one attached hydrogen (secondary N) is 1. The number of anilines is 1. The quantitative estimate of drug-likeness (QED) is 0.618. The standard InChI is InChI=1S/C19H19NO5/c1-13-4-3-5-17(14(13)2)20-18(22)11-25-19(23)12-24-16-8-6-15(10-21)7-9-16/h3-10H,11-12H2,1-2H3,(H,20,22). The minimum absolute atomic E-state index is 0.322. The molecular weight excluding hydrogens is 322 g/mol. The van der Waals surface area contributed by atoms with Crippen LogP contribution in [0.25, 0.3) is 0 Å². The maximum Gasteiger partial charge on any atom is 0.344 e. The molecule has 0 saturated carbocycles. The molecule has 0 heterocycles. The summed E-state index contributed by atoms with van der Waals surface area (Å²) in [5.74, 6) is -0.643. The number of carbonyl (C=O) groups is 3. The summed E-state index contributed by atoms with van der Waals surface area (Å²) in [7, 11) is 0. The molecule has 1 amide bonds. The summed E-state index contributed by atoms with van der Waals surface area (Å²) in [6.45, 7) is 3.14. The first-order valence-corrected chi connectivity index (χ1v) is 7.69. The van der Waals surface area contributed by atoms with E-state index in [-0.39, 0.29) is 13.2 Å². The average Bonchev–Trinajstić information content (AvgIpc) is 2.62. The molecule has 0 aromatic heterocycles. The van der Waals surface area contributed by atoms with E-state index in [1.54, 1.807) is 30.3 Å². The van der Waals surface area contributed by atoms with Gasteiger partial charge in [0, 0.05) is 11.3 Å². The Morgan fingerprint density at radius 2 is 1.76 bits per heavy atom. The first-order chi connectivity index (χ1) is 12.0. The van der Waals surface area contributed by atoms with E-state index in [1.807, 2.05) is 26.0 Å². The number of hydrogen-bond donors (Lipinski definition) is 1. The summed E-state index contributed by atoms with van der Waals surface area (Å²) in [5, 5.41) is 2.70. The lowest BCUT2D eigenvalue weighted by Crippen LogP contribution is -2.24. The Hall–Kier alpha value is -3.15. The molecule has 25 heavy (non-hydrogen) atoms. The van der Waals surface area contributed by atoms with Crippen LogP contribution in [0.1, 0.15) is 21.5 Å². The average molecular weight is 341 g/mol. The molecule has 130 valence electrons. The third-order valence-corrected chi connectivity index (χ3v) is 3.62. The van der Waals surface area contributed by atoms with Crippen molar-refractivity contribution in [1.82, 2.24) is 0 Å². The predicted octanol–water partition coefficient (Wildman–Crippen LogP) is 2.68. The van der Waals surface area contributed by atoms with Gasteiger partial charge in [-0.1, -0.05) is 12.1 Å². The highest BCUT2D eigenvalue weighted by Gasteiger charge is 2.10. The topological polar surface area (TPSA) is 81.7 Å². The Morgan fingerprint density at radius 1 is 1.04 bits per heavy atom. The molecule has 0 radical (unpaired) electrons. The lowest BCUT2D eigenvalue weighted by Gasteiger charge is -2.11. The molecule has 6 nitrogen and oxygen atoms in total. The molecule has 0 aliphatic carbocycles. The summed E-state index contributed by atoms with van der Waals surface area (Å²) >= 11 is 0. The number of esters is 1. The van der Waals surface area contributed by atoms with Crippen LogP contribution >= 0.6 is 0 Å². The minimum Gasteiger partial charge on any atom is -0.482 e. The third-order valence-electron chi connectivity index (χ3n) is 3.62. The van der Waals surface area contributed by atoms with Gasteiger partial charge in [-0.15, -0.1) is 0 Å². The van der Waals surface area contributed by atoms with Crippen LogP contribution in [0.3, 0.4) is 0 Å². The fourth-order valence-electron chi connectivity index (χ4n) is 2.05. The van der Waals surface area contributed by atoms with Crippen molar-refractivity contribution in [3.05, 3.63) is 59.2 Å². The van der Waals surface area contributed by atoms with Gasteiger partial charge in [0.2, 0.25) is 0 Å². The van der Waals surface area contributed by atoms with Crippen molar-refractivity contribution in [3.63, 3.8) is 0 Å². The number of carbonyl (C=O) groups excluding carboxylic acids is 3. The predicted molar refractivity (Wildman–Crippen MR) is 92.8 cm³/mol. The second kappa shape index (κ2) is 8.63. The van der Waals surface area contributed by atoms with Gasteiger partial charge in [0.1, 0.15) is 12.0 Å². The first kappa shape index (κ1) is 18.2. The molecule has 0 aliphatic rings. The van der Waals surface area contributed by atoms with Crippen molar-refractivity contribution >= 4 is 23.9 Å². The molecule has 0 spiro atoms. The number of benzene rings is 2. The highest BCUT2D eigenvalue weighted by molar-refractivity contribution is 5.93. The molecule has 0 aliphatic heterocycles. The van der Waals surface area contributed by atoms with E-state index >= 15 is 0 Å². The van der Waals surface area contributed by atoms with Gasteiger partial charge in [-0.2, -0.15) is 0 Å². The van der Waals surface area contributed by atoms with Gasteiger partial charge in [-0.3, -0.25) is 9.59 Å². The van der Waals surface area contributed by atoms with Gasteiger partial charge in [-0.05, 0) is 55.3 Å². The normalized spacial score (nSPS) is 10.0. The summed E-state index contributed by atoms with van der Waals surface area (Å²) in [6, 6.07) is 11.9. The van der Waals surface area contributed by atoms with Crippen LogP contribution in [0.2, 0.25) is 0 Å². The highest BCUT2D eigenvalue weighted by Crippen LogP contribution is 2.17. The molecule has 6 heteroatoms. The maximum absolute atomic E-state index is 11.9. The second-order valence-electron chi connectivity index (χ2n) is 5.43. The number of ether oxygens (including phenoxy) is 2. The highest BCUT2D eigenvalue weighted by atomic mass is 16.6. The zero-order valence-electron chi connectivity index (χ0n) is 14.1. The zero-order chi connectivity index (χ0) is 18.2. The van der Waals surface area contributed by atoms with E-state index < -0.39 is 11.9 Å². The first-order valence-electron chi connectivity index (χ1n) is 7.69. The summed E-state index contributed by atoms with van der Waals surface area (Å²) in [4.78, 5) is 34.0. The molecule has 1 N–H and O–H groups in total. The molecule has 0 bridgehead atoms. The van der Waals surface area contributed by atoms with Crippen LogP contribution in [0.15, 0.2) is 42.5 Å². The van der Waals surface area contributed by atoms with Crippen LogP contribution in [-0.2, 0) is 14.3 Å². The molecule has 0 unspecified atom stereocenters. The largest absolute Gasteiger partial charge is 0.482 e. The van der Waals surface area contributed by atoms with Gasteiger partial charge in [-0.25, -0.2) is 4.79 Å². The third kappa shape index (κ3) is 5.46. The van der Waals surface area contributed by atoms with Gasteiger partial charge in [0.15, 0.2) is 13.2 Å². The maximum atomic E-state index is 11.9. The van der Waals surface area contributed by atoms with Gasteiger partial charge >= 0.3 is 5.97 Å². The second-order valence-corrected chi connectivity index (χ2v) is 5.43. The number of amides is 1. The Morgan fingerprint density at radius 3 is 2.44 bits per heavy atom. The molecule has 2 rings (SSSR count). The SMILES string of the molecule is Cc1cccc(NC(=O)COC(=O)COc2ccc(C=O)cc2)c1C. The summed E-state index contributed by atoms with van der Waals surface area (Å²) in [6.07, 6.45) is 0.715. The molecule has 2 aromatic carbocycles. The summed E-state index contributed by atoms with van der Waals surface area (Å²) in [5.41, 5.74) is 3.22. The Kier molecular flexibility index (Phi) is 6.28. The molecule has 2 aromatic rings. The number of rotatable bonds is 7.